The highest BCUT2D eigenvalue weighted by atomic mass is 16.5. The molecule has 3 rings (SSSR count). The second kappa shape index (κ2) is 7.66. The number of aryl methyl sites for hydroxylation is 1. The maximum Gasteiger partial charge on any atom is 0.128 e. The molecule has 0 amide bonds. The van der Waals surface area contributed by atoms with E-state index in [1.807, 2.05) is 24.3 Å². The number of anilines is 2. The van der Waals surface area contributed by atoms with E-state index in [4.69, 9.17) is 10.5 Å². The number of nitrogens with zero attached hydrogens (tertiary/aromatic N) is 2. The number of nitrogens with two attached hydrogens (primary N) is 1. The van der Waals surface area contributed by atoms with Gasteiger partial charge in [-0.2, -0.15) is 0 Å². The van der Waals surface area contributed by atoms with Crippen LogP contribution in [0.3, 0.4) is 0 Å². The number of benzene rings is 1. The first-order valence-electron chi connectivity index (χ1n) is 8.28. The minimum Gasteiger partial charge on any atom is -0.496 e. The van der Waals surface area contributed by atoms with Crippen LogP contribution < -0.4 is 15.8 Å². The van der Waals surface area contributed by atoms with Gasteiger partial charge in [-0.25, -0.2) is 4.98 Å². The fraction of sp³-hybridized carbons (Fsp3) is 0.200. The lowest BCUT2D eigenvalue weighted by Crippen LogP contribution is -2.04. The Morgan fingerprint density at radius 3 is 2.56 bits per heavy atom. The van der Waals surface area contributed by atoms with Crippen LogP contribution in [0, 0.1) is 0 Å². The highest BCUT2D eigenvalue weighted by Crippen LogP contribution is 2.33. The Balaban J connectivity index is 1.94. The number of hydrogen-bond donors (Lipinski definition) is 2. The van der Waals surface area contributed by atoms with Gasteiger partial charge in [0.1, 0.15) is 11.6 Å². The number of ether oxygens (including phenoxy) is 1. The molecule has 3 N–H and O–H groups in total. The summed E-state index contributed by atoms with van der Waals surface area (Å²) in [5, 5.41) is 3.42. The molecular weight excluding hydrogens is 312 g/mol. The predicted molar refractivity (Wildman–Crippen MR) is 102 cm³/mol. The Kier molecular flexibility index (Phi) is 5.14. The van der Waals surface area contributed by atoms with Gasteiger partial charge in [0.15, 0.2) is 0 Å². The summed E-state index contributed by atoms with van der Waals surface area (Å²) in [4.78, 5) is 8.46. The lowest BCUT2D eigenvalue weighted by molar-refractivity contribution is 0.415. The van der Waals surface area contributed by atoms with Gasteiger partial charge in [-0.3, -0.25) is 4.98 Å². The van der Waals surface area contributed by atoms with E-state index in [2.05, 4.69) is 34.3 Å². The lowest BCUT2D eigenvalue weighted by Gasteiger charge is -2.16. The Bertz CT molecular complexity index is 850. The van der Waals surface area contributed by atoms with Crippen molar-refractivity contribution in [2.24, 2.45) is 0 Å². The fourth-order valence-electron chi connectivity index (χ4n) is 2.80. The van der Waals surface area contributed by atoms with Crippen LogP contribution in [-0.4, -0.2) is 17.1 Å². The van der Waals surface area contributed by atoms with Crippen LogP contribution in [0.5, 0.6) is 5.75 Å². The molecule has 1 aromatic carbocycles. The molecule has 25 heavy (non-hydrogen) atoms. The Labute approximate surface area is 147 Å². The van der Waals surface area contributed by atoms with Gasteiger partial charge < -0.3 is 15.8 Å². The Hall–Kier alpha value is -3.08. The molecule has 0 spiro atoms. The first-order chi connectivity index (χ1) is 12.2. The van der Waals surface area contributed by atoms with Gasteiger partial charge in [0.25, 0.3) is 0 Å². The van der Waals surface area contributed by atoms with E-state index in [0.29, 0.717) is 12.4 Å². The zero-order valence-corrected chi connectivity index (χ0v) is 14.5. The molecule has 0 aliphatic rings. The van der Waals surface area contributed by atoms with Crippen molar-refractivity contribution in [1.29, 1.82) is 0 Å². The molecule has 0 aliphatic heterocycles. The first-order valence-corrected chi connectivity index (χ1v) is 8.28. The first kappa shape index (κ1) is 16.8. The molecule has 0 bridgehead atoms. The molecule has 0 fully saturated rings. The van der Waals surface area contributed by atoms with Crippen molar-refractivity contribution < 1.29 is 4.74 Å². The van der Waals surface area contributed by atoms with Gasteiger partial charge in [-0.05, 0) is 53.9 Å². The monoisotopic (exact) mass is 334 g/mol. The van der Waals surface area contributed by atoms with Crippen molar-refractivity contribution in [3.05, 3.63) is 66.0 Å². The summed E-state index contributed by atoms with van der Waals surface area (Å²) in [6.45, 7) is 2.86. The van der Waals surface area contributed by atoms with Gasteiger partial charge in [0.05, 0.1) is 12.8 Å². The van der Waals surface area contributed by atoms with Crippen molar-refractivity contribution in [1.82, 2.24) is 9.97 Å². The van der Waals surface area contributed by atoms with Crippen molar-refractivity contribution in [3.8, 4) is 17.0 Å². The minimum absolute atomic E-state index is 0.501. The van der Waals surface area contributed by atoms with E-state index in [1.165, 1.54) is 11.1 Å². The average Bonchev–Trinajstić information content (AvgIpc) is 2.66. The third kappa shape index (κ3) is 3.88. The molecule has 0 saturated carbocycles. The van der Waals surface area contributed by atoms with Crippen LogP contribution in [-0.2, 0) is 13.0 Å². The third-order valence-electron chi connectivity index (χ3n) is 4.11. The molecule has 0 radical (unpaired) electrons. The van der Waals surface area contributed by atoms with Crippen molar-refractivity contribution in [2.75, 3.05) is 18.2 Å². The normalized spacial score (nSPS) is 10.5. The lowest BCUT2D eigenvalue weighted by atomic mass is 9.98. The van der Waals surface area contributed by atoms with E-state index >= 15 is 0 Å². The van der Waals surface area contributed by atoms with Crippen molar-refractivity contribution in [3.63, 3.8) is 0 Å². The average molecular weight is 334 g/mol. The molecule has 3 aromatic rings. The van der Waals surface area contributed by atoms with Gasteiger partial charge in [-0.1, -0.05) is 13.0 Å². The number of rotatable bonds is 6. The van der Waals surface area contributed by atoms with E-state index in [0.717, 1.165) is 29.1 Å². The standard InChI is InChI=1S/C20H22N4O/c1-3-14-11-17(18-5-4-6-20(21)24-18)19(25-2)12-15(14)13-23-16-7-9-22-10-8-16/h4-12H,3,13H2,1-2H3,(H2,21,24)(H,22,23). The molecule has 5 heteroatoms. The van der Waals surface area contributed by atoms with Crippen LogP contribution in [0.1, 0.15) is 18.1 Å². The molecule has 0 saturated heterocycles. The summed E-state index contributed by atoms with van der Waals surface area (Å²) in [5.41, 5.74) is 11.1. The molecular formula is C20H22N4O. The third-order valence-corrected chi connectivity index (χ3v) is 4.11. The van der Waals surface area contributed by atoms with E-state index < -0.39 is 0 Å². The molecule has 0 aliphatic carbocycles. The van der Waals surface area contributed by atoms with Crippen LogP contribution in [0.4, 0.5) is 11.5 Å². The summed E-state index contributed by atoms with van der Waals surface area (Å²) >= 11 is 0. The van der Waals surface area contributed by atoms with Gasteiger partial charge in [0, 0.05) is 30.2 Å². The SMILES string of the molecule is CCc1cc(-c2cccc(N)n2)c(OC)cc1CNc1ccncc1. The molecule has 2 heterocycles. The number of nitrogens with one attached hydrogen (secondary N) is 1. The number of nitrogen functional groups attached to an aromatic ring is 1. The summed E-state index contributed by atoms with van der Waals surface area (Å²) in [5.74, 6) is 1.29. The van der Waals surface area contributed by atoms with Crippen LogP contribution in [0.25, 0.3) is 11.3 Å². The number of methoxy groups -OCH3 is 1. The van der Waals surface area contributed by atoms with E-state index in [9.17, 15) is 0 Å². The zero-order valence-electron chi connectivity index (χ0n) is 14.5. The highest BCUT2D eigenvalue weighted by Gasteiger charge is 2.12. The maximum absolute atomic E-state index is 5.83. The second-order valence-electron chi connectivity index (χ2n) is 5.71. The fourth-order valence-corrected chi connectivity index (χ4v) is 2.80. The number of pyridine rings is 2. The molecule has 2 aromatic heterocycles. The highest BCUT2D eigenvalue weighted by molar-refractivity contribution is 5.70. The summed E-state index contributed by atoms with van der Waals surface area (Å²) < 4.78 is 5.61. The second-order valence-corrected chi connectivity index (χ2v) is 5.71. The summed E-state index contributed by atoms with van der Waals surface area (Å²) in [6.07, 6.45) is 4.48. The van der Waals surface area contributed by atoms with E-state index in [-0.39, 0.29) is 0 Å². The van der Waals surface area contributed by atoms with Crippen LogP contribution in [0.15, 0.2) is 54.9 Å². The summed E-state index contributed by atoms with van der Waals surface area (Å²) in [6, 6.07) is 13.8. The molecule has 0 unspecified atom stereocenters. The molecule has 5 nitrogen and oxygen atoms in total. The minimum atomic E-state index is 0.501. The quantitative estimate of drug-likeness (QED) is 0.715. The van der Waals surface area contributed by atoms with Crippen molar-refractivity contribution >= 4 is 11.5 Å². The van der Waals surface area contributed by atoms with Gasteiger partial charge in [0.2, 0.25) is 0 Å². The van der Waals surface area contributed by atoms with Crippen LogP contribution in [0.2, 0.25) is 0 Å². The van der Waals surface area contributed by atoms with Gasteiger partial charge in [-0.15, -0.1) is 0 Å². The van der Waals surface area contributed by atoms with Crippen LogP contribution >= 0.6 is 0 Å². The summed E-state index contributed by atoms with van der Waals surface area (Å²) in [7, 11) is 1.68. The Morgan fingerprint density at radius 2 is 1.88 bits per heavy atom. The van der Waals surface area contributed by atoms with E-state index in [1.54, 1.807) is 25.6 Å². The molecule has 128 valence electrons. The van der Waals surface area contributed by atoms with Crippen molar-refractivity contribution in [2.45, 2.75) is 19.9 Å². The largest absolute Gasteiger partial charge is 0.496 e. The number of aromatic nitrogens is 2. The Morgan fingerprint density at radius 1 is 1.08 bits per heavy atom. The predicted octanol–water partition coefficient (Wildman–Crippen LogP) is 3.91. The smallest absolute Gasteiger partial charge is 0.128 e. The zero-order chi connectivity index (χ0) is 17.6. The topological polar surface area (TPSA) is 73.1 Å². The number of hydrogen-bond acceptors (Lipinski definition) is 5. The van der Waals surface area contributed by atoms with Gasteiger partial charge >= 0.3 is 0 Å². The maximum atomic E-state index is 5.83. The molecule has 0 atom stereocenters.